The monoisotopic (exact) mass is 239 g/mol. The van der Waals surface area contributed by atoms with Crippen LogP contribution in [0, 0.1) is 0 Å². The molecule has 1 aromatic rings. The van der Waals surface area contributed by atoms with Crippen molar-refractivity contribution in [1.82, 2.24) is 5.32 Å². The van der Waals surface area contributed by atoms with Crippen molar-refractivity contribution in [2.75, 3.05) is 5.33 Å². The van der Waals surface area contributed by atoms with Crippen LogP contribution in [0.5, 0.6) is 0 Å². The number of alkyl halides is 1. The molecule has 0 radical (unpaired) electrons. The molecular formula is C10H10BrNO. The quantitative estimate of drug-likeness (QED) is 0.744. The van der Waals surface area contributed by atoms with Crippen LogP contribution in [0.25, 0.3) is 0 Å². The molecule has 3 heteroatoms. The maximum Gasteiger partial charge on any atom is 0.251 e. The maximum absolute atomic E-state index is 11.5. The van der Waals surface area contributed by atoms with E-state index >= 15 is 0 Å². The van der Waals surface area contributed by atoms with Crippen LogP contribution in [0.3, 0.4) is 0 Å². The summed E-state index contributed by atoms with van der Waals surface area (Å²) in [4.78, 5) is 11.5. The van der Waals surface area contributed by atoms with Gasteiger partial charge in [-0.1, -0.05) is 34.1 Å². The summed E-state index contributed by atoms with van der Waals surface area (Å²) in [5.41, 5.74) is 1.97. The third-order valence-electron chi connectivity index (χ3n) is 2.25. The van der Waals surface area contributed by atoms with Crippen LogP contribution < -0.4 is 5.32 Å². The first-order valence-electron chi connectivity index (χ1n) is 4.26. The SMILES string of the molecule is O=C1NC(CBr)Cc2ccccc21. The van der Waals surface area contributed by atoms with Crippen LogP contribution >= 0.6 is 15.9 Å². The lowest BCUT2D eigenvalue weighted by molar-refractivity contribution is 0.0930. The van der Waals surface area contributed by atoms with Crippen LogP contribution in [-0.2, 0) is 6.42 Å². The highest BCUT2D eigenvalue weighted by Gasteiger charge is 2.22. The van der Waals surface area contributed by atoms with Crippen molar-refractivity contribution in [2.24, 2.45) is 0 Å². The smallest absolute Gasteiger partial charge is 0.251 e. The average molecular weight is 240 g/mol. The minimum Gasteiger partial charge on any atom is -0.348 e. The van der Waals surface area contributed by atoms with Crippen LogP contribution in [0.4, 0.5) is 0 Å². The first kappa shape index (κ1) is 8.75. The molecule has 0 fully saturated rings. The van der Waals surface area contributed by atoms with Gasteiger partial charge in [0.05, 0.1) is 0 Å². The van der Waals surface area contributed by atoms with Crippen molar-refractivity contribution < 1.29 is 4.79 Å². The Morgan fingerprint density at radius 1 is 1.46 bits per heavy atom. The fourth-order valence-corrected chi connectivity index (χ4v) is 1.98. The fourth-order valence-electron chi connectivity index (χ4n) is 1.59. The van der Waals surface area contributed by atoms with Crippen molar-refractivity contribution in [1.29, 1.82) is 0 Å². The van der Waals surface area contributed by atoms with Crippen LogP contribution in [-0.4, -0.2) is 17.3 Å². The van der Waals surface area contributed by atoms with Gasteiger partial charge in [0, 0.05) is 16.9 Å². The summed E-state index contributed by atoms with van der Waals surface area (Å²) >= 11 is 3.38. The molecule has 1 aliphatic rings. The van der Waals surface area contributed by atoms with Gasteiger partial charge in [0.15, 0.2) is 0 Å². The summed E-state index contributed by atoms with van der Waals surface area (Å²) in [6.07, 6.45) is 0.924. The van der Waals surface area contributed by atoms with Crippen molar-refractivity contribution in [3.63, 3.8) is 0 Å². The highest BCUT2D eigenvalue weighted by molar-refractivity contribution is 9.09. The van der Waals surface area contributed by atoms with Crippen molar-refractivity contribution in [3.05, 3.63) is 35.4 Å². The molecule has 1 amide bonds. The third kappa shape index (κ3) is 1.61. The summed E-state index contributed by atoms with van der Waals surface area (Å²) in [6, 6.07) is 8.00. The molecule has 68 valence electrons. The number of carbonyl (C=O) groups is 1. The Morgan fingerprint density at radius 2 is 2.23 bits per heavy atom. The van der Waals surface area contributed by atoms with Crippen LogP contribution in [0.2, 0.25) is 0 Å². The predicted molar refractivity (Wildman–Crippen MR) is 55.2 cm³/mol. The molecule has 1 aromatic carbocycles. The lowest BCUT2D eigenvalue weighted by Gasteiger charge is -2.23. The van der Waals surface area contributed by atoms with E-state index in [2.05, 4.69) is 21.2 Å². The molecule has 0 saturated heterocycles. The van der Waals surface area contributed by atoms with E-state index in [1.165, 1.54) is 0 Å². The molecule has 1 heterocycles. The number of hydrogen-bond donors (Lipinski definition) is 1. The van der Waals surface area contributed by atoms with Gasteiger partial charge in [-0.3, -0.25) is 4.79 Å². The molecule has 0 aliphatic carbocycles. The van der Waals surface area contributed by atoms with Gasteiger partial charge >= 0.3 is 0 Å². The Hall–Kier alpha value is -0.830. The Labute approximate surface area is 85.5 Å². The van der Waals surface area contributed by atoms with E-state index in [0.717, 1.165) is 22.9 Å². The zero-order valence-corrected chi connectivity index (χ0v) is 8.67. The summed E-state index contributed by atoms with van der Waals surface area (Å²) in [5, 5.41) is 3.75. The zero-order valence-electron chi connectivity index (χ0n) is 7.09. The topological polar surface area (TPSA) is 29.1 Å². The maximum atomic E-state index is 11.5. The predicted octanol–water partition coefficient (Wildman–Crippen LogP) is 1.74. The number of rotatable bonds is 1. The van der Waals surface area contributed by atoms with Crippen LogP contribution in [0.15, 0.2) is 24.3 Å². The zero-order chi connectivity index (χ0) is 9.26. The number of fused-ring (bicyclic) bond motifs is 1. The third-order valence-corrected chi connectivity index (χ3v) is 3.03. The van der Waals surface area contributed by atoms with E-state index in [4.69, 9.17) is 0 Å². The highest BCUT2D eigenvalue weighted by Crippen LogP contribution is 2.16. The number of halogens is 1. The van der Waals surface area contributed by atoms with Gasteiger partial charge in [0.2, 0.25) is 0 Å². The minimum atomic E-state index is 0.0475. The Balaban J connectivity index is 2.37. The molecule has 1 aliphatic heterocycles. The molecular weight excluding hydrogens is 230 g/mol. The van der Waals surface area contributed by atoms with E-state index in [1.807, 2.05) is 24.3 Å². The minimum absolute atomic E-state index is 0.0475. The van der Waals surface area contributed by atoms with Gasteiger partial charge in [0.1, 0.15) is 0 Å². The lowest BCUT2D eigenvalue weighted by Crippen LogP contribution is -2.42. The summed E-state index contributed by atoms with van der Waals surface area (Å²) in [7, 11) is 0. The van der Waals surface area contributed by atoms with E-state index in [1.54, 1.807) is 0 Å². The van der Waals surface area contributed by atoms with Gasteiger partial charge in [-0.15, -0.1) is 0 Å². The summed E-state index contributed by atoms with van der Waals surface area (Å²) in [6.45, 7) is 0. The van der Waals surface area contributed by atoms with Crippen molar-refractivity contribution >= 4 is 21.8 Å². The number of nitrogens with one attached hydrogen (secondary N) is 1. The van der Waals surface area contributed by atoms with E-state index in [9.17, 15) is 4.79 Å². The molecule has 2 rings (SSSR count). The number of hydrogen-bond acceptors (Lipinski definition) is 1. The Kier molecular flexibility index (Phi) is 2.36. The molecule has 0 bridgehead atoms. The average Bonchev–Trinajstić information content (AvgIpc) is 2.18. The first-order chi connectivity index (χ1) is 6.31. The van der Waals surface area contributed by atoms with E-state index in [-0.39, 0.29) is 11.9 Å². The highest BCUT2D eigenvalue weighted by atomic mass is 79.9. The largest absolute Gasteiger partial charge is 0.348 e. The van der Waals surface area contributed by atoms with Gasteiger partial charge in [-0.25, -0.2) is 0 Å². The van der Waals surface area contributed by atoms with Crippen molar-refractivity contribution in [3.8, 4) is 0 Å². The van der Waals surface area contributed by atoms with E-state index in [0.29, 0.717) is 0 Å². The Morgan fingerprint density at radius 3 is 3.00 bits per heavy atom. The standard InChI is InChI=1S/C10H10BrNO/c11-6-8-5-7-3-1-2-4-9(7)10(13)12-8/h1-4,8H,5-6H2,(H,12,13). The normalized spacial score (nSPS) is 20.7. The van der Waals surface area contributed by atoms with Gasteiger partial charge in [-0.05, 0) is 18.1 Å². The molecule has 2 nitrogen and oxygen atoms in total. The fraction of sp³-hybridized carbons (Fsp3) is 0.300. The molecule has 1 unspecified atom stereocenters. The van der Waals surface area contributed by atoms with Gasteiger partial charge in [0.25, 0.3) is 5.91 Å². The molecule has 0 aromatic heterocycles. The molecule has 13 heavy (non-hydrogen) atoms. The van der Waals surface area contributed by atoms with E-state index < -0.39 is 0 Å². The summed E-state index contributed by atoms with van der Waals surface area (Å²) in [5.74, 6) is 0.0475. The second-order valence-electron chi connectivity index (χ2n) is 3.19. The number of amides is 1. The first-order valence-corrected chi connectivity index (χ1v) is 5.38. The summed E-state index contributed by atoms with van der Waals surface area (Å²) < 4.78 is 0. The molecule has 0 spiro atoms. The number of benzene rings is 1. The molecule has 0 saturated carbocycles. The van der Waals surface area contributed by atoms with Gasteiger partial charge < -0.3 is 5.32 Å². The van der Waals surface area contributed by atoms with Gasteiger partial charge in [-0.2, -0.15) is 0 Å². The number of carbonyl (C=O) groups excluding carboxylic acids is 1. The second-order valence-corrected chi connectivity index (χ2v) is 3.83. The molecule has 1 N–H and O–H groups in total. The van der Waals surface area contributed by atoms with Crippen molar-refractivity contribution in [2.45, 2.75) is 12.5 Å². The Bertz CT molecular complexity index is 337. The second kappa shape index (κ2) is 3.50. The molecule has 1 atom stereocenters. The lowest BCUT2D eigenvalue weighted by atomic mass is 9.96. The van der Waals surface area contributed by atoms with Crippen LogP contribution in [0.1, 0.15) is 15.9 Å².